The Hall–Kier alpha value is -2.20. The van der Waals surface area contributed by atoms with Gasteiger partial charge in [0.25, 0.3) is 5.91 Å². The predicted molar refractivity (Wildman–Crippen MR) is 90.9 cm³/mol. The van der Waals surface area contributed by atoms with Gasteiger partial charge in [-0.2, -0.15) is 0 Å². The Morgan fingerprint density at radius 3 is 2.58 bits per heavy atom. The fraction of sp³-hybridized carbons (Fsp3) is 0.400. The Morgan fingerprint density at radius 2 is 1.96 bits per heavy atom. The van der Waals surface area contributed by atoms with Crippen LogP contribution < -0.4 is 10.6 Å². The Bertz CT molecular complexity index is 891. The molecule has 8 nitrogen and oxygen atoms in total. The number of hydrogen-bond donors (Lipinski definition) is 2. The molecule has 26 heavy (non-hydrogen) atoms. The van der Waals surface area contributed by atoms with Gasteiger partial charge in [0.2, 0.25) is 5.91 Å². The van der Waals surface area contributed by atoms with E-state index in [9.17, 15) is 27.2 Å². The zero-order chi connectivity index (χ0) is 19.1. The molecule has 2 heterocycles. The Balaban J connectivity index is 1.69. The van der Waals surface area contributed by atoms with Crippen LogP contribution in [0.3, 0.4) is 0 Å². The van der Waals surface area contributed by atoms with Crippen molar-refractivity contribution in [1.82, 2.24) is 10.2 Å². The molecular weight excluding hydrogens is 389 g/mol. The summed E-state index contributed by atoms with van der Waals surface area (Å²) in [5.74, 6) is -2.60. The number of benzene rings is 1. The highest BCUT2D eigenvalue weighted by atomic mass is 35.5. The van der Waals surface area contributed by atoms with Crippen LogP contribution in [0.4, 0.5) is 14.9 Å². The van der Waals surface area contributed by atoms with E-state index >= 15 is 0 Å². The Labute approximate surface area is 153 Å². The number of sulfone groups is 1. The van der Waals surface area contributed by atoms with Crippen molar-refractivity contribution in [3.63, 3.8) is 0 Å². The maximum Gasteiger partial charge on any atom is 0.325 e. The molecule has 1 spiro atoms. The lowest BCUT2D eigenvalue weighted by Crippen LogP contribution is -2.52. The van der Waals surface area contributed by atoms with Crippen LogP contribution in [0.15, 0.2) is 18.2 Å². The fourth-order valence-electron chi connectivity index (χ4n) is 2.97. The SMILES string of the molecule is O=C(CN1C(=O)NC2(CCS(=O)(=O)CC2)C1=O)Nc1ccc(Cl)cc1F. The van der Waals surface area contributed by atoms with Crippen molar-refractivity contribution in [2.75, 3.05) is 23.4 Å². The summed E-state index contributed by atoms with van der Waals surface area (Å²) in [6.45, 7) is -0.610. The van der Waals surface area contributed by atoms with E-state index < -0.39 is 45.6 Å². The van der Waals surface area contributed by atoms with E-state index in [4.69, 9.17) is 11.6 Å². The monoisotopic (exact) mass is 403 g/mol. The molecule has 0 aliphatic carbocycles. The first-order valence-electron chi connectivity index (χ1n) is 7.71. The van der Waals surface area contributed by atoms with Crippen molar-refractivity contribution in [3.05, 3.63) is 29.0 Å². The van der Waals surface area contributed by atoms with Gasteiger partial charge in [0, 0.05) is 5.02 Å². The van der Waals surface area contributed by atoms with Gasteiger partial charge < -0.3 is 10.6 Å². The van der Waals surface area contributed by atoms with Crippen LogP contribution in [0.25, 0.3) is 0 Å². The summed E-state index contributed by atoms with van der Waals surface area (Å²) in [6.07, 6.45) is -0.0757. The van der Waals surface area contributed by atoms with E-state index in [1.165, 1.54) is 12.1 Å². The number of carbonyl (C=O) groups is 3. The third-order valence-corrected chi connectivity index (χ3v) is 6.32. The van der Waals surface area contributed by atoms with Crippen LogP contribution in [-0.2, 0) is 19.4 Å². The average molecular weight is 404 g/mol. The van der Waals surface area contributed by atoms with E-state index in [0.717, 1.165) is 6.07 Å². The number of nitrogens with zero attached hydrogens (tertiary/aromatic N) is 1. The smallest absolute Gasteiger partial charge is 0.323 e. The van der Waals surface area contributed by atoms with Crippen LogP contribution in [0, 0.1) is 5.82 Å². The summed E-state index contributed by atoms with van der Waals surface area (Å²) >= 11 is 5.63. The second-order valence-electron chi connectivity index (χ2n) is 6.23. The molecule has 0 saturated carbocycles. The minimum Gasteiger partial charge on any atom is -0.323 e. The lowest BCUT2D eigenvalue weighted by molar-refractivity contribution is -0.134. The van der Waals surface area contributed by atoms with E-state index in [2.05, 4.69) is 10.6 Å². The molecular formula is C15H15ClFN3O5S. The third-order valence-electron chi connectivity index (χ3n) is 4.43. The maximum absolute atomic E-state index is 13.7. The Morgan fingerprint density at radius 1 is 1.31 bits per heavy atom. The lowest BCUT2D eigenvalue weighted by atomic mass is 9.92. The first-order chi connectivity index (χ1) is 12.1. The van der Waals surface area contributed by atoms with Crippen LogP contribution in [0.1, 0.15) is 12.8 Å². The molecule has 0 atom stereocenters. The highest BCUT2D eigenvalue weighted by Crippen LogP contribution is 2.30. The first kappa shape index (κ1) is 18.6. The summed E-state index contributed by atoms with van der Waals surface area (Å²) in [7, 11) is -3.23. The van der Waals surface area contributed by atoms with Gasteiger partial charge in [0.1, 0.15) is 17.9 Å². The molecule has 140 valence electrons. The zero-order valence-corrected chi connectivity index (χ0v) is 15.0. The van der Waals surface area contributed by atoms with Crippen LogP contribution in [-0.4, -0.2) is 54.8 Å². The minimum absolute atomic E-state index is 0.0379. The van der Waals surface area contributed by atoms with Crippen molar-refractivity contribution in [1.29, 1.82) is 0 Å². The van der Waals surface area contributed by atoms with Gasteiger partial charge in [-0.25, -0.2) is 17.6 Å². The molecule has 2 aliphatic heterocycles. The van der Waals surface area contributed by atoms with E-state index in [-0.39, 0.29) is 35.1 Å². The van der Waals surface area contributed by atoms with E-state index in [1.54, 1.807) is 0 Å². The number of nitrogens with one attached hydrogen (secondary N) is 2. The van der Waals surface area contributed by atoms with Gasteiger partial charge in [0.15, 0.2) is 9.84 Å². The molecule has 1 aromatic rings. The molecule has 2 fully saturated rings. The number of amides is 4. The lowest BCUT2D eigenvalue weighted by Gasteiger charge is -2.30. The summed E-state index contributed by atoms with van der Waals surface area (Å²) in [5, 5.41) is 4.92. The van der Waals surface area contributed by atoms with Gasteiger partial charge in [-0.15, -0.1) is 0 Å². The number of rotatable bonds is 3. The Kier molecular flexibility index (Phi) is 4.65. The molecule has 0 bridgehead atoms. The van der Waals surface area contributed by atoms with Gasteiger partial charge in [0.05, 0.1) is 17.2 Å². The molecule has 4 amide bonds. The highest BCUT2D eigenvalue weighted by Gasteiger charge is 2.53. The van der Waals surface area contributed by atoms with Crippen molar-refractivity contribution >= 4 is 45.0 Å². The fourth-order valence-corrected chi connectivity index (χ4v) is 4.65. The van der Waals surface area contributed by atoms with Crippen molar-refractivity contribution in [3.8, 4) is 0 Å². The van der Waals surface area contributed by atoms with Crippen LogP contribution >= 0.6 is 11.6 Å². The number of halogens is 2. The van der Waals surface area contributed by atoms with Crippen LogP contribution in [0.5, 0.6) is 0 Å². The van der Waals surface area contributed by atoms with Crippen molar-refractivity contribution in [2.24, 2.45) is 0 Å². The average Bonchev–Trinajstić information content (AvgIpc) is 2.78. The molecule has 0 unspecified atom stereocenters. The largest absolute Gasteiger partial charge is 0.325 e. The minimum atomic E-state index is -3.23. The number of urea groups is 1. The standard InChI is InChI=1S/C15H15ClFN3O5S/c16-9-1-2-11(10(17)7-9)18-12(21)8-20-13(22)15(19-14(20)23)3-5-26(24,25)6-4-15/h1-2,7H,3-6,8H2,(H,18,21)(H,19,23). The quantitative estimate of drug-likeness (QED) is 0.728. The molecule has 3 rings (SSSR count). The maximum atomic E-state index is 13.7. The van der Waals surface area contributed by atoms with Gasteiger partial charge >= 0.3 is 6.03 Å². The number of hydrogen-bond acceptors (Lipinski definition) is 5. The highest BCUT2D eigenvalue weighted by molar-refractivity contribution is 7.91. The normalized spacial score (nSPS) is 20.9. The van der Waals surface area contributed by atoms with Gasteiger partial charge in [-0.1, -0.05) is 11.6 Å². The van der Waals surface area contributed by atoms with Gasteiger partial charge in [-0.05, 0) is 31.0 Å². The molecule has 1 aromatic carbocycles. The number of anilines is 1. The molecule has 2 aliphatic rings. The van der Waals surface area contributed by atoms with Crippen molar-refractivity contribution < 1.29 is 27.2 Å². The summed E-state index contributed by atoms with van der Waals surface area (Å²) in [5.41, 5.74) is -1.43. The third kappa shape index (κ3) is 3.51. The first-order valence-corrected chi connectivity index (χ1v) is 9.91. The number of imide groups is 1. The number of carbonyl (C=O) groups excluding carboxylic acids is 3. The van der Waals surface area contributed by atoms with Crippen LogP contribution in [0.2, 0.25) is 5.02 Å². The van der Waals surface area contributed by atoms with E-state index in [0.29, 0.717) is 4.90 Å². The molecule has 2 N–H and O–H groups in total. The summed E-state index contributed by atoms with van der Waals surface area (Å²) in [6, 6.07) is 2.88. The molecule has 2 saturated heterocycles. The van der Waals surface area contributed by atoms with E-state index in [1.807, 2.05) is 0 Å². The molecule has 0 radical (unpaired) electrons. The molecule has 0 aromatic heterocycles. The van der Waals surface area contributed by atoms with Gasteiger partial charge in [-0.3, -0.25) is 14.5 Å². The predicted octanol–water partition coefficient (Wildman–Crippen LogP) is 0.917. The summed E-state index contributed by atoms with van der Waals surface area (Å²) < 4.78 is 36.8. The zero-order valence-electron chi connectivity index (χ0n) is 13.4. The second kappa shape index (κ2) is 6.51. The summed E-state index contributed by atoms with van der Waals surface area (Å²) in [4.78, 5) is 37.5. The van der Waals surface area contributed by atoms with Crippen molar-refractivity contribution in [2.45, 2.75) is 18.4 Å². The topological polar surface area (TPSA) is 113 Å². The second-order valence-corrected chi connectivity index (χ2v) is 8.97. The molecule has 11 heteroatoms.